The van der Waals surface area contributed by atoms with Crippen LogP contribution in [0.15, 0.2) is 45.7 Å². The summed E-state index contributed by atoms with van der Waals surface area (Å²) in [5.41, 5.74) is 1.41. The van der Waals surface area contributed by atoms with Gasteiger partial charge in [-0.05, 0) is 48.2 Å². The van der Waals surface area contributed by atoms with E-state index in [1.54, 1.807) is 41.3 Å². The minimum absolute atomic E-state index is 0.0533. The number of Topliss-reactive ketones (excluding diaryl/α,β-unsaturated/α-hetero) is 1. The molecule has 11 heteroatoms. The van der Waals surface area contributed by atoms with Crippen molar-refractivity contribution in [2.45, 2.75) is 4.90 Å². The molecule has 3 heterocycles. The van der Waals surface area contributed by atoms with Gasteiger partial charge >= 0.3 is 5.97 Å². The van der Waals surface area contributed by atoms with Crippen molar-refractivity contribution in [2.24, 2.45) is 4.40 Å². The van der Waals surface area contributed by atoms with Gasteiger partial charge in [0.15, 0.2) is 29.1 Å². The minimum atomic E-state index is -3.45. The monoisotopic (exact) mass is 446 g/mol. The van der Waals surface area contributed by atoms with Gasteiger partial charge in [-0.3, -0.25) is 4.79 Å². The van der Waals surface area contributed by atoms with Gasteiger partial charge in [0.2, 0.25) is 6.79 Å². The van der Waals surface area contributed by atoms with E-state index in [0.717, 1.165) is 5.69 Å². The number of fused-ring (bicyclic) bond motifs is 4. The van der Waals surface area contributed by atoms with Crippen molar-refractivity contribution in [3.63, 3.8) is 0 Å². The maximum Gasteiger partial charge on any atom is 0.338 e. The molecule has 0 amide bonds. The van der Waals surface area contributed by atoms with Crippen molar-refractivity contribution in [2.75, 3.05) is 30.6 Å². The summed E-state index contributed by atoms with van der Waals surface area (Å²) in [6.07, 6.45) is 0. The van der Waals surface area contributed by atoms with Gasteiger partial charge in [-0.1, -0.05) is 0 Å². The topological polar surface area (TPSA) is 112 Å². The molecule has 9 nitrogen and oxygen atoms in total. The number of carbonyl (C=O) groups excluding carboxylic acids is 2. The van der Waals surface area contributed by atoms with Gasteiger partial charge in [0.05, 0.1) is 17.0 Å². The first kappa shape index (κ1) is 18.9. The van der Waals surface area contributed by atoms with E-state index >= 15 is 0 Å². The first-order chi connectivity index (χ1) is 14.4. The molecule has 0 radical (unpaired) electrons. The maximum atomic E-state index is 12.4. The number of esters is 1. The van der Waals surface area contributed by atoms with Crippen molar-refractivity contribution in [1.82, 2.24) is 0 Å². The number of nitrogens with zero attached hydrogens (tertiary/aromatic N) is 2. The van der Waals surface area contributed by atoms with E-state index in [4.69, 9.17) is 14.2 Å². The summed E-state index contributed by atoms with van der Waals surface area (Å²) >= 11 is 1.18. The summed E-state index contributed by atoms with van der Waals surface area (Å²) in [5.74, 6) is -0.0275. The Morgan fingerprint density at radius 1 is 1.10 bits per heavy atom. The smallest absolute Gasteiger partial charge is 0.338 e. The lowest BCUT2D eigenvalue weighted by molar-refractivity contribution is 0.0474. The second-order valence-corrected chi connectivity index (χ2v) is 9.43. The fourth-order valence-electron chi connectivity index (χ4n) is 3.23. The van der Waals surface area contributed by atoms with Crippen LogP contribution in [0, 0.1) is 0 Å². The summed E-state index contributed by atoms with van der Waals surface area (Å²) in [4.78, 5) is 27.3. The number of hydrogen-bond acceptors (Lipinski definition) is 9. The van der Waals surface area contributed by atoms with Gasteiger partial charge < -0.3 is 19.1 Å². The molecule has 154 valence electrons. The normalized spacial score (nSPS) is 17.7. The number of anilines is 1. The van der Waals surface area contributed by atoms with E-state index < -0.39 is 22.6 Å². The summed E-state index contributed by atoms with van der Waals surface area (Å²) < 4.78 is 42.8. The van der Waals surface area contributed by atoms with Crippen molar-refractivity contribution >= 4 is 44.4 Å². The third-order valence-electron chi connectivity index (χ3n) is 4.74. The third kappa shape index (κ3) is 3.39. The molecular weight excluding hydrogens is 432 g/mol. The van der Waals surface area contributed by atoms with E-state index in [-0.39, 0.29) is 23.9 Å². The SMILES string of the molecule is O=C(COC(=O)c1ccc2c(c1)SC1=NS(=O)(=O)CCN12)c1ccc2c(c1)OCO2. The second-order valence-electron chi connectivity index (χ2n) is 6.66. The quantitative estimate of drug-likeness (QED) is 0.515. The van der Waals surface area contributed by atoms with Gasteiger partial charge in [0, 0.05) is 17.0 Å². The first-order valence-electron chi connectivity index (χ1n) is 8.92. The van der Waals surface area contributed by atoms with E-state index in [2.05, 4.69) is 4.40 Å². The number of thioether (sulfide) groups is 1. The van der Waals surface area contributed by atoms with Crippen LogP contribution in [0.3, 0.4) is 0 Å². The maximum absolute atomic E-state index is 12.4. The summed E-state index contributed by atoms with van der Waals surface area (Å²) in [5, 5.41) is 0.375. The lowest BCUT2D eigenvalue weighted by Gasteiger charge is -2.22. The Hall–Kier alpha value is -3.05. The Morgan fingerprint density at radius 2 is 1.90 bits per heavy atom. The van der Waals surface area contributed by atoms with E-state index in [0.29, 0.717) is 33.7 Å². The molecule has 2 aromatic carbocycles. The lowest BCUT2D eigenvalue weighted by atomic mass is 10.1. The van der Waals surface area contributed by atoms with Gasteiger partial charge in [-0.15, -0.1) is 4.40 Å². The summed E-state index contributed by atoms with van der Waals surface area (Å²) in [6, 6.07) is 9.68. The Morgan fingerprint density at radius 3 is 2.77 bits per heavy atom. The molecular formula is C19H14N2O7S2. The number of ketones is 1. The van der Waals surface area contributed by atoms with Gasteiger partial charge in [-0.25, -0.2) is 13.2 Å². The minimum Gasteiger partial charge on any atom is -0.454 e. The predicted octanol–water partition coefficient (Wildman–Crippen LogP) is 2.07. The van der Waals surface area contributed by atoms with Crippen LogP contribution in [0.25, 0.3) is 0 Å². The van der Waals surface area contributed by atoms with Crippen molar-refractivity contribution < 1.29 is 32.2 Å². The predicted molar refractivity (Wildman–Crippen MR) is 108 cm³/mol. The number of ether oxygens (including phenoxy) is 3. The molecule has 0 N–H and O–H groups in total. The Kier molecular flexibility index (Phi) is 4.44. The molecule has 0 saturated heterocycles. The zero-order valence-corrected chi connectivity index (χ0v) is 17.0. The number of benzene rings is 2. The summed E-state index contributed by atoms with van der Waals surface area (Å²) in [6.45, 7) is 0.00284. The van der Waals surface area contributed by atoms with Crippen LogP contribution in [0.5, 0.6) is 11.5 Å². The van der Waals surface area contributed by atoms with Crippen LogP contribution in [-0.2, 0) is 14.8 Å². The zero-order chi connectivity index (χ0) is 20.9. The second kappa shape index (κ2) is 7.03. The van der Waals surface area contributed by atoms with E-state index in [1.165, 1.54) is 11.8 Å². The molecule has 0 unspecified atom stereocenters. The average Bonchev–Trinajstić information content (AvgIpc) is 3.33. The van der Waals surface area contributed by atoms with Crippen molar-refractivity contribution in [3.05, 3.63) is 47.5 Å². The highest BCUT2D eigenvalue weighted by Crippen LogP contribution is 2.42. The first-order valence-corrected chi connectivity index (χ1v) is 11.3. The molecule has 0 fully saturated rings. The van der Waals surface area contributed by atoms with E-state index in [9.17, 15) is 18.0 Å². The van der Waals surface area contributed by atoms with Crippen molar-refractivity contribution in [3.8, 4) is 11.5 Å². The zero-order valence-electron chi connectivity index (χ0n) is 15.4. The van der Waals surface area contributed by atoms with E-state index in [1.807, 2.05) is 0 Å². The van der Waals surface area contributed by atoms with Gasteiger partial charge in [-0.2, -0.15) is 0 Å². The molecule has 3 aliphatic rings. The largest absolute Gasteiger partial charge is 0.454 e. The number of rotatable bonds is 4. The Labute approximate surface area is 175 Å². The molecule has 0 spiro atoms. The lowest BCUT2D eigenvalue weighted by Crippen LogP contribution is -2.35. The van der Waals surface area contributed by atoms with Crippen LogP contribution in [0.4, 0.5) is 5.69 Å². The molecule has 0 aromatic heterocycles. The highest BCUT2D eigenvalue weighted by Gasteiger charge is 2.33. The van der Waals surface area contributed by atoms with Crippen LogP contribution in [-0.4, -0.2) is 51.0 Å². The highest BCUT2D eigenvalue weighted by atomic mass is 32.2. The fourth-order valence-corrected chi connectivity index (χ4v) is 5.52. The molecule has 5 rings (SSSR count). The van der Waals surface area contributed by atoms with Crippen LogP contribution in [0.1, 0.15) is 20.7 Å². The standard InChI is InChI=1S/C19H14N2O7S2/c22-14(11-2-4-15-16(7-11)28-10-27-15)9-26-18(23)12-1-3-13-17(8-12)29-19-20-30(24,25)6-5-21(13)19/h1-4,7-8H,5-6,9-10H2. The van der Waals surface area contributed by atoms with Gasteiger partial charge in [0.1, 0.15) is 0 Å². The highest BCUT2D eigenvalue weighted by molar-refractivity contribution is 8.15. The summed E-state index contributed by atoms with van der Waals surface area (Å²) in [7, 11) is -3.45. The average molecular weight is 446 g/mol. The Bertz CT molecular complexity index is 1220. The van der Waals surface area contributed by atoms with Crippen LogP contribution in [0.2, 0.25) is 0 Å². The van der Waals surface area contributed by atoms with Crippen molar-refractivity contribution in [1.29, 1.82) is 0 Å². The molecule has 0 aliphatic carbocycles. The number of carbonyl (C=O) groups is 2. The fraction of sp³-hybridized carbons (Fsp3) is 0.211. The number of hydrogen-bond donors (Lipinski definition) is 0. The molecule has 0 bridgehead atoms. The molecule has 0 atom stereocenters. The molecule has 0 saturated carbocycles. The number of sulfonamides is 1. The number of amidine groups is 1. The molecule has 30 heavy (non-hydrogen) atoms. The third-order valence-corrected chi connectivity index (χ3v) is 7.04. The van der Waals surface area contributed by atoms with Crippen LogP contribution >= 0.6 is 11.8 Å². The molecule has 3 aliphatic heterocycles. The van der Waals surface area contributed by atoms with Gasteiger partial charge in [0.25, 0.3) is 10.0 Å². The van der Waals surface area contributed by atoms with Crippen LogP contribution < -0.4 is 14.4 Å². The molecule has 2 aromatic rings. The Balaban J connectivity index is 1.27.